The minimum Gasteiger partial charge on any atom is -0.481 e. The molecule has 0 radical (unpaired) electrons. The van der Waals surface area contributed by atoms with E-state index < -0.39 is 18.0 Å². The van der Waals surface area contributed by atoms with E-state index in [0.29, 0.717) is 0 Å². The number of ether oxygens (including phenoxy) is 1. The summed E-state index contributed by atoms with van der Waals surface area (Å²) in [5.74, 6) is -1.54. The number of hydrogen-bond acceptors (Lipinski definition) is 4. The smallest absolute Gasteiger partial charge is 0.323 e. The summed E-state index contributed by atoms with van der Waals surface area (Å²) < 4.78 is 5.29. The van der Waals surface area contributed by atoms with Gasteiger partial charge in [0.25, 0.3) is 0 Å². The first-order chi connectivity index (χ1) is 11.6. The lowest BCUT2D eigenvalue weighted by atomic mass is 10.0. The van der Waals surface area contributed by atoms with Crippen LogP contribution in [0.5, 0.6) is 0 Å². The highest BCUT2D eigenvalue weighted by atomic mass is 16.5. The lowest BCUT2D eigenvalue weighted by molar-refractivity contribution is -0.147. The molecular weight excluding hydrogens is 306 g/mol. The summed E-state index contributed by atoms with van der Waals surface area (Å²) in [6, 6.07) is 13.3. The van der Waals surface area contributed by atoms with Crippen molar-refractivity contribution in [1.82, 2.24) is 0 Å². The van der Waals surface area contributed by atoms with Gasteiger partial charge in [-0.3, -0.25) is 9.59 Å². The summed E-state index contributed by atoms with van der Waals surface area (Å²) in [7, 11) is 0. The molecule has 124 valence electrons. The van der Waals surface area contributed by atoms with Crippen molar-refractivity contribution >= 4 is 11.9 Å². The molecule has 0 aliphatic heterocycles. The lowest BCUT2D eigenvalue weighted by Gasteiger charge is -2.12. The molecule has 3 rings (SSSR count). The van der Waals surface area contributed by atoms with Gasteiger partial charge in [-0.15, -0.1) is 0 Å². The highest BCUT2D eigenvalue weighted by Gasteiger charge is 2.22. The lowest BCUT2D eigenvalue weighted by Crippen LogP contribution is -2.32. The first kappa shape index (κ1) is 16.2. The zero-order chi connectivity index (χ0) is 17.1. The van der Waals surface area contributed by atoms with Crippen LogP contribution in [0.3, 0.4) is 0 Å². The number of carbonyl (C=O) groups excluding carboxylic acids is 1. The van der Waals surface area contributed by atoms with Gasteiger partial charge < -0.3 is 15.6 Å². The van der Waals surface area contributed by atoms with Gasteiger partial charge in [-0.2, -0.15) is 0 Å². The Labute approximate surface area is 140 Å². The molecule has 1 atom stereocenters. The van der Waals surface area contributed by atoms with Gasteiger partial charge in [0, 0.05) is 6.42 Å². The average molecular weight is 325 g/mol. The minimum atomic E-state index is -0.975. The van der Waals surface area contributed by atoms with Crippen molar-refractivity contribution in [2.45, 2.75) is 31.9 Å². The van der Waals surface area contributed by atoms with Gasteiger partial charge >= 0.3 is 11.9 Å². The van der Waals surface area contributed by atoms with E-state index in [9.17, 15) is 9.59 Å². The maximum Gasteiger partial charge on any atom is 0.323 e. The minimum absolute atomic E-state index is 0.0759. The fraction of sp³-hybridized carbons (Fsp3) is 0.263. The number of nitrogens with two attached hydrogens (primary N) is 1. The number of carboxylic acids is 1. The monoisotopic (exact) mass is 325 g/mol. The van der Waals surface area contributed by atoms with Crippen molar-refractivity contribution in [2.24, 2.45) is 5.73 Å². The summed E-state index contributed by atoms with van der Waals surface area (Å²) in [6.07, 6.45) is 0.753. The predicted molar refractivity (Wildman–Crippen MR) is 89.3 cm³/mol. The standard InChI is InChI=1S/C19H19NO4/c20-17(8-9-18(21)22)19(23)24-11-13-5-3-7-15-14-6-2-1-4-12(14)10-16(13)15/h1-7,17H,8-11,20H2,(H,21,22). The molecule has 2 aromatic carbocycles. The zero-order valence-corrected chi connectivity index (χ0v) is 13.2. The van der Waals surface area contributed by atoms with Crippen LogP contribution in [0.2, 0.25) is 0 Å². The Morgan fingerprint density at radius 2 is 1.88 bits per heavy atom. The third kappa shape index (κ3) is 3.31. The molecule has 5 heteroatoms. The molecule has 0 saturated carbocycles. The Balaban J connectivity index is 1.68. The zero-order valence-electron chi connectivity index (χ0n) is 13.2. The molecule has 0 bridgehead atoms. The second kappa shape index (κ2) is 6.84. The molecule has 1 unspecified atom stereocenters. The van der Waals surface area contributed by atoms with E-state index in [-0.39, 0.29) is 19.4 Å². The largest absolute Gasteiger partial charge is 0.481 e. The molecule has 2 aromatic rings. The van der Waals surface area contributed by atoms with Gasteiger partial charge in [0.15, 0.2) is 0 Å². The van der Waals surface area contributed by atoms with Gasteiger partial charge in [0.2, 0.25) is 0 Å². The fourth-order valence-corrected chi connectivity index (χ4v) is 3.01. The highest BCUT2D eigenvalue weighted by molar-refractivity contribution is 5.79. The average Bonchev–Trinajstić information content (AvgIpc) is 2.96. The Morgan fingerprint density at radius 3 is 2.67 bits per heavy atom. The topological polar surface area (TPSA) is 89.6 Å². The summed E-state index contributed by atoms with van der Waals surface area (Å²) in [4.78, 5) is 22.4. The molecule has 24 heavy (non-hydrogen) atoms. The van der Waals surface area contributed by atoms with Crippen LogP contribution >= 0.6 is 0 Å². The third-order valence-electron chi connectivity index (χ3n) is 4.29. The second-order valence-corrected chi connectivity index (χ2v) is 5.92. The molecular formula is C19H19NO4. The Morgan fingerprint density at radius 1 is 1.12 bits per heavy atom. The summed E-state index contributed by atoms with van der Waals surface area (Å²) in [5, 5.41) is 8.64. The molecule has 1 aliphatic rings. The summed E-state index contributed by atoms with van der Waals surface area (Å²) in [5.41, 5.74) is 11.5. The quantitative estimate of drug-likeness (QED) is 0.680. The maximum atomic E-state index is 11.9. The van der Waals surface area contributed by atoms with Gasteiger partial charge in [-0.25, -0.2) is 0 Å². The van der Waals surface area contributed by atoms with Crippen LogP contribution in [-0.2, 0) is 27.4 Å². The number of esters is 1. The summed E-state index contributed by atoms with van der Waals surface area (Å²) >= 11 is 0. The van der Waals surface area contributed by atoms with Gasteiger partial charge in [0.1, 0.15) is 12.6 Å². The molecule has 1 aliphatic carbocycles. The van der Waals surface area contributed by atoms with Crippen molar-refractivity contribution in [3.63, 3.8) is 0 Å². The SMILES string of the molecule is NC(CCC(=O)O)C(=O)OCc1cccc2c1Cc1ccccc1-2. The number of aliphatic carboxylic acids is 1. The second-order valence-electron chi connectivity index (χ2n) is 5.92. The van der Waals surface area contributed by atoms with Crippen molar-refractivity contribution < 1.29 is 19.4 Å². The number of benzene rings is 2. The number of carbonyl (C=O) groups is 2. The molecule has 5 nitrogen and oxygen atoms in total. The summed E-state index contributed by atoms with van der Waals surface area (Å²) in [6.45, 7) is 0.150. The third-order valence-corrected chi connectivity index (χ3v) is 4.29. The van der Waals surface area contributed by atoms with Gasteiger partial charge in [0.05, 0.1) is 0 Å². The number of carboxylic acid groups (broad SMARTS) is 1. The van der Waals surface area contributed by atoms with E-state index in [2.05, 4.69) is 18.2 Å². The Bertz CT molecular complexity index is 785. The number of hydrogen-bond donors (Lipinski definition) is 2. The fourth-order valence-electron chi connectivity index (χ4n) is 3.01. The van der Waals surface area contributed by atoms with Crippen LogP contribution in [0.15, 0.2) is 42.5 Å². The van der Waals surface area contributed by atoms with E-state index in [1.807, 2.05) is 24.3 Å². The first-order valence-electron chi connectivity index (χ1n) is 7.89. The van der Waals surface area contributed by atoms with Crippen molar-refractivity contribution in [3.8, 4) is 11.1 Å². The van der Waals surface area contributed by atoms with Crippen LogP contribution in [0.25, 0.3) is 11.1 Å². The van der Waals surface area contributed by atoms with Crippen LogP contribution in [-0.4, -0.2) is 23.1 Å². The molecule has 0 spiro atoms. The van der Waals surface area contributed by atoms with Gasteiger partial charge in [-0.1, -0.05) is 42.5 Å². The van der Waals surface area contributed by atoms with E-state index in [4.69, 9.17) is 15.6 Å². The molecule has 0 aromatic heterocycles. The maximum absolute atomic E-state index is 11.9. The molecule has 0 heterocycles. The van der Waals surface area contributed by atoms with Crippen LogP contribution < -0.4 is 5.73 Å². The molecule has 0 saturated heterocycles. The molecule has 0 amide bonds. The van der Waals surface area contributed by atoms with Crippen LogP contribution in [0.4, 0.5) is 0 Å². The predicted octanol–water partition coefficient (Wildman–Crippen LogP) is 2.49. The number of rotatable bonds is 6. The van der Waals surface area contributed by atoms with Crippen LogP contribution in [0.1, 0.15) is 29.5 Å². The van der Waals surface area contributed by atoms with E-state index in [1.54, 1.807) is 0 Å². The van der Waals surface area contributed by atoms with E-state index in [1.165, 1.54) is 22.3 Å². The first-order valence-corrected chi connectivity index (χ1v) is 7.89. The highest BCUT2D eigenvalue weighted by Crippen LogP contribution is 2.38. The normalized spacial score (nSPS) is 13.0. The van der Waals surface area contributed by atoms with E-state index in [0.717, 1.165) is 12.0 Å². The van der Waals surface area contributed by atoms with Gasteiger partial charge in [-0.05, 0) is 40.7 Å². The number of fused-ring (bicyclic) bond motifs is 3. The Kier molecular flexibility index (Phi) is 4.62. The van der Waals surface area contributed by atoms with Crippen LogP contribution in [0, 0.1) is 0 Å². The van der Waals surface area contributed by atoms with Crippen molar-refractivity contribution in [3.05, 3.63) is 59.2 Å². The molecule has 3 N–H and O–H groups in total. The van der Waals surface area contributed by atoms with Crippen molar-refractivity contribution in [1.29, 1.82) is 0 Å². The van der Waals surface area contributed by atoms with Crippen molar-refractivity contribution in [2.75, 3.05) is 0 Å². The molecule has 0 fully saturated rings. The van der Waals surface area contributed by atoms with E-state index >= 15 is 0 Å². The Hall–Kier alpha value is -2.66.